The Kier molecular flexibility index (Phi) is 7.15. The van der Waals surface area contributed by atoms with Crippen LogP contribution in [0.4, 0.5) is 13.2 Å². The van der Waals surface area contributed by atoms with Gasteiger partial charge < -0.3 is 14.2 Å². The van der Waals surface area contributed by atoms with E-state index < -0.39 is 30.0 Å². The molecule has 0 amide bonds. The third-order valence-electron chi connectivity index (χ3n) is 9.97. The summed E-state index contributed by atoms with van der Waals surface area (Å²) in [6.07, 6.45) is -0.0127. The van der Waals surface area contributed by atoms with Crippen LogP contribution in [0.15, 0.2) is 0 Å². The number of alkyl halides is 3. The molecule has 4 aliphatic rings. The quantitative estimate of drug-likeness (QED) is 0.355. The summed E-state index contributed by atoms with van der Waals surface area (Å²) >= 11 is 0. The minimum absolute atomic E-state index is 0.0317. The van der Waals surface area contributed by atoms with E-state index in [4.69, 9.17) is 14.2 Å². The number of carbonyl (C=O) groups is 2. The second-order valence-electron chi connectivity index (χ2n) is 11.4. The van der Waals surface area contributed by atoms with E-state index in [0.717, 1.165) is 38.5 Å². The van der Waals surface area contributed by atoms with Crippen LogP contribution in [-0.2, 0) is 23.8 Å². The number of halogens is 3. The third kappa shape index (κ3) is 4.31. The van der Waals surface area contributed by atoms with Gasteiger partial charge in [0.1, 0.15) is 11.9 Å². The fourth-order valence-electron chi connectivity index (χ4n) is 8.37. The van der Waals surface area contributed by atoms with Crippen molar-refractivity contribution < 1.29 is 37.0 Å². The zero-order valence-electron chi connectivity index (χ0n) is 20.8. The molecule has 8 heteroatoms. The molecule has 194 valence electrons. The molecule has 4 saturated carbocycles. The van der Waals surface area contributed by atoms with Crippen molar-refractivity contribution >= 4 is 11.8 Å². The number of ketones is 1. The molecule has 0 heterocycles. The van der Waals surface area contributed by atoms with E-state index >= 15 is 0 Å². The number of fused-ring (bicyclic) bond motifs is 5. The number of carbonyl (C=O) groups excluding carboxylic acids is 2. The molecule has 0 aromatic carbocycles. The second kappa shape index (κ2) is 9.38. The van der Waals surface area contributed by atoms with Crippen LogP contribution in [0.5, 0.6) is 0 Å². The lowest BCUT2D eigenvalue weighted by Gasteiger charge is -2.61. The Balaban J connectivity index is 1.54. The summed E-state index contributed by atoms with van der Waals surface area (Å²) in [5, 5.41) is 0. The number of esters is 1. The van der Waals surface area contributed by atoms with Crippen LogP contribution in [0, 0.1) is 40.4 Å². The Morgan fingerprint density at radius 1 is 1.00 bits per heavy atom. The molecule has 0 bridgehead atoms. The van der Waals surface area contributed by atoms with Crippen molar-refractivity contribution in [3.05, 3.63) is 0 Å². The van der Waals surface area contributed by atoms with E-state index in [0.29, 0.717) is 43.8 Å². The summed E-state index contributed by atoms with van der Waals surface area (Å²) in [5.41, 5.74) is -0.454. The first-order valence-electron chi connectivity index (χ1n) is 13.0. The summed E-state index contributed by atoms with van der Waals surface area (Å²) in [6, 6.07) is 0. The van der Waals surface area contributed by atoms with Gasteiger partial charge in [0, 0.05) is 25.0 Å². The first-order valence-corrected chi connectivity index (χ1v) is 13.0. The lowest BCUT2D eigenvalue weighted by Crippen LogP contribution is -2.57. The lowest BCUT2D eigenvalue weighted by molar-refractivity contribution is -0.214. The highest BCUT2D eigenvalue weighted by molar-refractivity contribution is 5.82. The van der Waals surface area contributed by atoms with Crippen LogP contribution >= 0.6 is 0 Å². The van der Waals surface area contributed by atoms with Gasteiger partial charge in [0.15, 0.2) is 6.29 Å². The third-order valence-corrected chi connectivity index (χ3v) is 9.97. The van der Waals surface area contributed by atoms with Crippen molar-refractivity contribution in [1.82, 2.24) is 0 Å². The van der Waals surface area contributed by atoms with Crippen molar-refractivity contribution in [2.24, 2.45) is 40.4 Å². The van der Waals surface area contributed by atoms with Crippen molar-refractivity contribution in [1.29, 1.82) is 0 Å². The Labute approximate surface area is 200 Å². The molecule has 34 heavy (non-hydrogen) atoms. The Hall–Kier alpha value is -1.15. The number of ether oxygens (including phenoxy) is 3. The molecule has 0 spiro atoms. The molecular weight excluding hydrogens is 449 g/mol. The van der Waals surface area contributed by atoms with Gasteiger partial charge >= 0.3 is 12.1 Å². The maximum absolute atomic E-state index is 13.1. The minimum atomic E-state index is -4.96. The maximum Gasteiger partial charge on any atom is 0.490 e. The summed E-state index contributed by atoms with van der Waals surface area (Å²) in [5.74, 6) is -0.775. The molecule has 0 aromatic rings. The van der Waals surface area contributed by atoms with Crippen LogP contribution in [0.1, 0.15) is 79.1 Å². The van der Waals surface area contributed by atoms with Crippen molar-refractivity contribution in [2.45, 2.75) is 97.6 Å². The van der Waals surface area contributed by atoms with Gasteiger partial charge in [-0.05, 0) is 87.9 Å². The monoisotopic (exact) mass is 488 g/mol. The largest absolute Gasteiger partial charge is 0.490 e. The Bertz CT molecular complexity index is 779. The van der Waals surface area contributed by atoms with Gasteiger partial charge in [-0.15, -0.1) is 0 Å². The summed E-state index contributed by atoms with van der Waals surface area (Å²) in [6.45, 7) is 9.13. The van der Waals surface area contributed by atoms with Crippen LogP contribution in [0.3, 0.4) is 0 Å². The SMILES string of the molecule is CCOC(OCC)[C@@H]1C[C@@]2(C)[C@@H](CC[C@@H]3[C@@H]2CC[C@]2(C)[C@@H](OC(=O)C(F)(F)F)CC[C@@H]32)CC1=O. The number of hydrogen-bond acceptors (Lipinski definition) is 5. The van der Waals surface area contributed by atoms with Crippen LogP contribution < -0.4 is 0 Å². The molecule has 5 nitrogen and oxygen atoms in total. The molecule has 4 rings (SSSR count). The first-order chi connectivity index (χ1) is 16.0. The highest BCUT2D eigenvalue weighted by Gasteiger charge is 2.63. The molecule has 4 fully saturated rings. The molecule has 8 atom stereocenters. The van der Waals surface area contributed by atoms with Crippen molar-refractivity contribution in [3.63, 3.8) is 0 Å². The minimum Gasteiger partial charge on any atom is -0.455 e. The molecule has 0 aromatic heterocycles. The Morgan fingerprint density at radius 3 is 2.26 bits per heavy atom. The fraction of sp³-hybridized carbons (Fsp3) is 0.923. The molecule has 0 aliphatic heterocycles. The summed E-state index contributed by atoms with van der Waals surface area (Å²) < 4.78 is 55.3. The van der Waals surface area contributed by atoms with E-state index in [-0.39, 0.29) is 23.0 Å². The zero-order chi connectivity index (χ0) is 24.9. The van der Waals surface area contributed by atoms with E-state index in [1.807, 2.05) is 20.8 Å². The van der Waals surface area contributed by atoms with E-state index in [1.54, 1.807) is 0 Å². The average Bonchev–Trinajstić information content (AvgIpc) is 3.09. The van der Waals surface area contributed by atoms with Crippen LogP contribution in [-0.4, -0.2) is 43.5 Å². The van der Waals surface area contributed by atoms with E-state index in [9.17, 15) is 22.8 Å². The maximum atomic E-state index is 13.1. The normalized spacial score (nSPS) is 42.2. The predicted octanol–water partition coefficient (Wildman–Crippen LogP) is 5.70. The lowest BCUT2D eigenvalue weighted by atomic mass is 9.44. The first kappa shape index (κ1) is 25.9. The standard InChI is InChI=1S/C26H39F3O5/c1-5-32-22(33-6-2)17-14-25(4)15(13-20(17)30)7-8-16-18-9-10-21(34-23(31)26(27,28)29)24(18,3)12-11-19(16)25/h15-19,21-22H,5-14H2,1-4H3/t15-,16-,17+,18-,19-,21-,24-,25-/m0/s1. The van der Waals surface area contributed by atoms with Crippen molar-refractivity contribution in [3.8, 4) is 0 Å². The van der Waals surface area contributed by atoms with Crippen LogP contribution in [0.25, 0.3) is 0 Å². The molecule has 4 aliphatic carbocycles. The van der Waals surface area contributed by atoms with Gasteiger partial charge in [-0.1, -0.05) is 13.8 Å². The molecular formula is C26H39F3O5. The highest BCUT2D eigenvalue weighted by Crippen LogP contribution is 2.67. The highest BCUT2D eigenvalue weighted by atomic mass is 19.4. The molecule has 0 radical (unpaired) electrons. The van der Waals surface area contributed by atoms with Gasteiger partial charge in [-0.25, -0.2) is 4.79 Å². The smallest absolute Gasteiger partial charge is 0.455 e. The average molecular weight is 489 g/mol. The van der Waals surface area contributed by atoms with Crippen LogP contribution in [0.2, 0.25) is 0 Å². The zero-order valence-corrected chi connectivity index (χ0v) is 20.8. The number of Topliss-reactive ketones (excluding diaryl/α,β-unsaturated/α-hetero) is 1. The van der Waals surface area contributed by atoms with Gasteiger partial charge in [0.05, 0.1) is 5.92 Å². The topological polar surface area (TPSA) is 61.8 Å². The second-order valence-corrected chi connectivity index (χ2v) is 11.4. The van der Waals surface area contributed by atoms with E-state index in [1.165, 1.54) is 0 Å². The van der Waals surface area contributed by atoms with E-state index in [2.05, 4.69) is 6.92 Å². The molecule has 0 N–H and O–H groups in total. The van der Waals surface area contributed by atoms with Gasteiger partial charge in [0.25, 0.3) is 0 Å². The molecule has 0 saturated heterocycles. The summed E-state index contributed by atoms with van der Waals surface area (Å²) in [7, 11) is 0. The number of hydrogen-bond donors (Lipinski definition) is 0. The van der Waals surface area contributed by atoms with Gasteiger partial charge in [-0.2, -0.15) is 13.2 Å². The fourth-order valence-corrected chi connectivity index (χ4v) is 8.37. The number of rotatable bonds is 6. The van der Waals surface area contributed by atoms with Gasteiger partial charge in [0.2, 0.25) is 0 Å². The van der Waals surface area contributed by atoms with Crippen molar-refractivity contribution in [2.75, 3.05) is 13.2 Å². The molecule has 0 unspecified atom stereocenters. The predicted molar refractivity (Wildman–Crippen MR) is 119 cm³/mol. The summed E-state index contributed by atoms with van der Waals surface area (Å²) in [4.78, 5) is 24.7. The Morgan fingerprint density at radius 2 is 1.65 bits per heavy atom. The van der Waals surface area contributed by atoms with Gasteiger partial charge in [-0.3, -0.25) is 4.79 Å².